The van der Waals surface area contributed by atoms with Crippen LogP contribution in [0.25, 0.3) is 0 Å². The molecule has 1 aromatic carbocycles. The quantitative estimate of drug-likeness (QED) is 0.724. The van der Waals surface area contributed by atoms with Gasteiger partial charge in [0, 0.05) is 23.7 Å². The van der Waals surface area contributed by atoms with E-state index >= 15 is 0 Å². The van der Waals surface area contributed by atoms with Crippen molar-refractivity contribution in [2.45, 2.75) is 44.2 Å². The number of rotatable bonds is 6. The topological polar surface area (TPSA) is 101 Å². The fourth-order valence-electron chi connectivity index (χ4n) is 1.59. The molecule has 0 saturated heterocycles. The summed E-state index contributed by atoms with van der Waals surface area (Å²) in [5.74, 6) is -0.286. The Morgan fingerprint density at radius 2 is 1.76 bits per heavy atom. The number of amides is 1. The van der Waals surface area contributed by atoms with E-state index in [1.54, 1.807) is 13.8 Å². The predicted molar refractivity (Wildman–Crippen MR) is 82.5 cm³/mol. The first-order chi connectivity index (χ1) is 9.57. The second-order valence-electron chi connectivity index (χ2n) is 5.84. The number of nitrogens with one attached hydrogen (secondary N) is 2. The number of benzene rings is 1. The molecule has 7 heteroatoms. The van der Waals surface area contributed by atoms with Crippen molar-refractivity contribution in [3.63, 3.8) is 0 Å². The van der Waals surface area contributed by atoms with Gasteiger partial charge in [0.25, 0.3) is 5.91 Å². The van der Waals surface area contributed by atoms with Gasteiger partial charge < -0.3 is 11.1 Å². The van der Waals surface area contributed by atoms with Crippen molar-refractivity contribution in [2.75, 3.05) is 6.54 Å². The molecule has 21 heavy (non-hydrogen) atoms. The van der Waals surface area contributed by atoms with Crippen molar-refractivity contribution < 1.29 is 13.2 Å². The van der Waals surface area contributed by atoms with Gasteiger partial charge in [-0.2, -0.15) is 0 Å². The molecule has 0 atom stereocenters. The molecule has 0 spiro atoms. The van der Waals surface area contributed by atoms with Crippen LogP contribution in [0.3, 0.4) is 0 Å². The molecule has 1 aromatic rings. The van der Waals surface area contributed by atoms with Crippen LogP contribution in [0.2, 0.25) is 0 Å². The first kappa shape index (κ1) is 17.6. The summed E-state index contributed by atoms with van der Waals surface area (Å²) in [5, 5.41) is 2.78. The zero-order chi connectivity index (χ0) is 16.3. The molecule has 0 bridgehead atoms. The fourth-order valence-corrected chi connectivity index (χ4v) is 2.85. The van der Waals surface area contributed by atoms with Gasteiger partial charge in [-0.25, -0.2) is 13.1 Å². The average Bonchev–Trinajstić information content (AvgIpc) is 2.37. The number of sulfonamides is 1. The number of hydrogen-bond donors (Lipinski definition) is 3. The van der Waals surface area contributed by atoms with Crippen LogP contribution in [-0.4, -0.2) is 32.5 Å². The molecule has 0 aliphatic heterocycles. The first-order valence-corrected chi connectivity index (χ1v) is 8.21. The summed E-state index contributed by atoms with van der Waals surface area (Å²) < 4.78 is 26.4. The van der Waals surface area contributed by atoms with Crippen LogP contribution in [-0.2, 0) is 10.0 Å². The Morgan fingerprint density at radius 1 is 1.24 bits per heavy atom. The van der Waals surface area contributed by atoms with Crippen LogP contribution in [0.5, 0.6) is 0 Å². The molecule has 118 valence electrons. The van der Waals surface area contributed by atoms with Crippen LogP contribution >= 0.6 is 0 Å². The van der Waals surface area contributed by atoms with Gasteiger partial charge in [-0.1, -0.05) is 0 Å². The van der Waals surface area contributed by atoms with Gasteiger partial charge >= 0.3 is 0 Å². The minimum Gasteiger partial charge on any atom is -0.346 e. The van der Waals surface area contributed by atoms with Crippen molar-refractivity contribution in [3.8, 4) is 0 Å². The van der Waals surface area contributed by atoms with Crippen LogP contribution in [0, 0.1) is 0 Å². The monoisotopic (exact) mass is 313 g/mol. The van der Waals surface area contributed by atoms with Crippen LogP contribution in [0.1, 0.15) is 38.1 Å². The Morgan fingerprint density at radius 3 is 2.19 bits per heavy atom. The van der Waals surface area contributed by atoms with E-state index in [1.807, 2.05) is 13.8 Å². The molecule has 0 aromatic heterocycles. The van der Waals surface area contributed by atoms with Gasteiger partial charge in [-0.15, -0.1) is 0 Å². The number of carbonyl (C=O) groups excluding carboxylic acids is 1. The lowest BCUT2D eigenvalue weighted by Crippen LogP contribution is -2.48. The van der Waals surface area contributed by atoms with Gasteiger partial charge in [0.15, 0.2) is 0 Å². The van der Waals surface area contributed by atoms with Gasteiger partial charge in [-0.3, -0.25) is 4.79 Å². The highest BCUT2D eigenvalue weighted by Crippen LogP contribution is 2.12. The highest BCUT2D eigenvalue weighted by molar-refractivity contribution is 7.89. The van der Waals surface area contributed by atoms with Gasteiger partial charge in [0.1, 0.15) is 0 Å². The van der Waals surface area contributed by atoms with E-state index in [1.165, 1.54) is 24.3 Å². The Kier molecular flexibility index (Phi) is 5.49. The molecule has 4 N–H and O–H groups in total. The molecule has 1 rings (SSSR count). The largest absolute Gasteiger partial charge is 0.346 e. The lowest BCUT2D eigenvalue weighted by molar-refractivity contribution is 0.0915. The summed E-state index contributed by atoms with van der Waals surface area (Å²) in [6, 6.07) is 5.60. The van der Waals surface area contributed by atoms with Gasteiger partial charge in [0.2, 0.25) is 10.0 Å². The van der Waals surface area contributed by atoms with E-state index < -0.39 is 15.6 Å². The SMILES string of the molecule is CC(C)NS(=O)(=O)c1ccc(C(=O)NC(C)(C)CN)cc1. The minimum absolute atomic E-state index is 0.130. The number of hydrogen-bond acceptors (Lipinski definition) is 4. The molecule has 0 heterocycles. The van der Waals surface area contributed by atoms with E-state index in [0.29, 0.717) is 12.1 Å². The average molecular weight is 313 g/mol. The second kappa shape index (κ2) is 6.55. The molecular formula is C14H23N3O3S. The maximum Gasteiger partial charge on any atom is 0.251 e. The molecule has 0 aliphatic rings. The van der Waals surface area contributed by atoms with Crippen LogP contribution in [0.15, 0.2) is 29.2 Å². The van der Waals surface area contributed by atoms with E-state index in [9.17, 15) is 13.2 Å². The number of carbonyl (C=O) groups is 1. The van der Waals surface area contributed by atoms with E-state index in [0.717, 1.165) is 0 Å². The summed E-state index contributed by atoms with van der Waals surface area (Å²) in [5.41, 5.74) is 5.43. The zero-order valence-corrected chi connectivity index (χ0v) is 13.6. The predicted octanol–water partition coefficient (Wildman–Crippen LogP) is 0.840. The standard InChI is InChI=1S/C14H23N3O3S/c1-10(2)17-21(19,20)12-7-5-11(6-8-12)13(18)16-14(3,4)9-15/h5-8,10,17H,9,15H2,1-4H3,(H,16,18). The molecular weight excluding hydrogens is 290 g/mol. The Hall–Kier alpha value is -1.44. The third-order valence-corrected chi connectivity index (χ3v) is 4.45. The second-order valence-corrected chi connectivity index (χ2v) is 7.56. The Bertz CT molecular complexity index is 592. The van der Waals surface area contributed by atoms with Gasteiger partial charge in [0.05, 0.1) is 4.90 Å². The van der Waals surface area contributed by atoms with Crippen molar-refractivity contribution in [3.05, 3.63) is 29.8 Å². The molecule has 0 saturated carbocycles. The Labute approximate surface area is 126 Å². The van der Waals surface area contributed by atoms with Crippen LogP contribution < -0.4 is 15.8 Å². The van der Waals surface area contributed by atoms with Crippen molar-refractivity contribution in [1.29, 1.82) is 0 Å². The molecule has 0 fully saturated rings. The van der Waals surface area contributed by atoms with Crippen LogP contribution in [0.4, 0.5) is 0 Å². The molecule has 0 unspecified atom stereocenters. The molecule has 6 nitrogen and oxygen atoms in total. The first-order valence-electron chi connectivity index (χ1n) is 6.72. The highest BCUT2D eigenvalue weighted by Gasteiger charge is 2.20. The zero-order valence-electron chi connectivity index (χ0n) is 12.8. The third kappa shape index (κ3) is 5.11. The normalized spacial score (nSPS) is 12.5. The van der Waals surface area contributed by atoms with E-state index in [-0.39, 0.29) is 16.8 Å². The fraction of sp³-hybridized carbons (Fsp3) is 0.500. The smallest absolute Gasteiger partial charge is 0.251 e. The summed E-state index contributed by atoms with van der Waals surface area (Å²) in [6.07, 6.45) is 0. The summed E-state index contributed by atoms with van der Waals surface area (Å²) in [6.45, 7) is 7.43. The summed E-state index contributed by atoms with van der Waals surface area (Å²) >= 11 is 0. The highest BCUT2D eigenvalue weighted by atomic mass is 32.2. The molecule has 0 radical (unpaired) electrons. The maximum atomic E-state index is 12.0. The van der Waals surface area contributed by atoms with E-state index in [2.05, 4.69) is 10.0 Å². The van der Waals surface area contributed by atoms with Crippen molar-refractivity contribution in [1.82, 2.24) is 10.0 Å². The lowest BCUT2D eigenvalue weighted by atomic mass is 10.1. The lowest BCUT2D eigenvalue weighted by Gasteiger charge is -2.24. The van der Waals surface area contributed by atoms with Crippen molar-refractivity contribution in [2.24, 2.45) is 5.73 Å². The third-order valence-electron chi connectivity index (χ3n) is 2.78. The molecule has 0 aliphatic carbocycles. The molecule has 1 amide bonds. The van der Waals surface area contributed by atoms with E-state index in [4.69, 9.17) is 5.73 Å². The van der Waals surface area contributed by atoms with Crippen molar-refractivity contribution >= 4 is 15.9 Å². The number of nitrogens with two attached hydrogens (primary N) is 1. The summed E-state index contributed by atoms with van der Waals surface area (Å²) in [4.78, 5) is 12.2. The summed E-state index contributed by atoms with van der Waals surface area (Å²) in [7, 11) is -3.54. The Balaban J connectivity index is 2.91. The van der Waals surface area contributed by atoms with Gasteiger partial charge in [-0.05, 0) is 52.0 Å². The minimum atomic E-state index is -3.54. The maximum absolute atomic E-state index is 12.0.